The highest BCUT2D eigenvalue weighted by atomic mass is 16.2. The minimum atomic E-state index is 0.0649. The van der Waals surface area contributed by atoms with Gasteiger partial charge >= 0.3 is 0 Å². The quantitative estimate of drug-likeness (QED) is 0.690. The van der Waals surface area contributed by atoms with Gasteiger partial charge in [0, 0.05) is 36.3 Å². The maximum atomic E-state index is 13.6. The molecule has 6 nitrogen and oxygen atoms in total. The zero-order valence-electron chi connectivity index (χ0n) is 16.6. The number of likely N-dealkylation sites (N-methyl/N-ethyl adjacent to an activating group) is 1. The van der Waals surface area contributed by atoms with E-state index >= 15 is 0 Å². The third kappa shape index (κ3) is 2.55. The Kier molecular flexibility index (Phi) is 3.98. The topological polar surface area (TPSA) is 54.3 Å². The summed E-state index contributed by atoms with van der Waals surface area (Å²) in [6.07, 6.45) is 0.995. The van der Waals surface area contributed by atoms with Crippen LogP contribution in [0.15, 0.2) is 36.4 Å². The first-order valence-electron chi connectivity index (χ1n) is 10.0. The van der Waals surface area contributed by atoms with Crippen molar-refractivity contribution in [3.8, 4) is 0 Å². The minimum absolute atomic E-state index is 0.0649. The second-order valence-corrected chi connectivity index (χ2v) is 8.07. The first kappa shape index (κ1) is 17.4. The lowest BCUT2D eigenvalue weighted by atomic mass is 9.88. The van der Waals surface area contributed by atoms with Crippen LogP contribution in [0.3, 0.4) is 0 Å². The Morgan fingerprint density at radius 2 is 2.07 bits per heavy atom. The van der Waals surface area contributed by atoms with Gasteiger partial charge in [-0.2, -0.15) is 0 Å². The first-order chi connectivity index (χ1) is 13.6. The summed E-state index contributed by atoms with van der Waals surface area (Å²) in [5.41, 5.74) is 6.05. The van der Waals surface area contributed by atoms with E-state index < -0.39 is 0 Å². The molecule has 28 heavy (non-hydrogen) atoms. The van der Waals surface area contributed by atoms with E-state index in [9.17, 15) is 4.79 Å². The number of aryl methyl sites for hydroxylation is 2. The fraction of sp³-hybridized carbons (Fsp3) is 0.409. The Hall–Kier alpha value is -2.73. The van der Waals surface area contributed by atoms with E-state index in [0.717, 1.165) is 42.8 Å². The highest BCUT2D eigenvalue weighted by Crippen LogP contribution is 2.45. The maximum Gasteiger partial charge on any atom is 0.258 e. The molecule has 0 unspecified atom stereocenters. The van der Waals surface area contributed by atoms with Crippen molar-refractivity contribution in [3.05, 3.63) is 53.1 Å². The molecule has 2 aromatic carbocycles. The molecule has 0 radical (unpaired) electrons. The molecule has 2 aliphatic heterocycles. The van der Waals surface area contributed by atoms with Gasteiger partial charge in [0.25, 0.3) is 5.91 Å². The van der Waals surface area contributed by atoms with Gasteiger partial charge in [-0.25, -0.2) is 4.68 Å². The van der Waals surface area contributed by atoms with Crippen LogP contribution in [-0.2, 0) is 6.54 Å². The van der Waals surface area contributed by atoms with Crippen LogP contribution >= 0.6 is 0 Å². The molecule has 2 aliphatic rings. The number of carbonyl (C=O) groups is 1. The summed E-state index contributed by atoms with van der Waals surface area (Å²) in [6, 6.07) is 12.5. The molecule has 0 bridgehead atoms. The number of piperidine rings is 1. The molecule has 144 valence electrons. The molecule has 3 heterocycles. The van der Waals surface area contributed by atoms with E-state index in [1.807, 2.05) is 34.7 Å². The number of hydrogen-bond acceptors (Lipinski definition) is 4. The fourth-order valence-electron chi connectivity index (χ4n) is 4.82. The number of nitrogens with zero attached hydrogens (tertiary/aromatic N) is 5. The van der Waals surface area contributed by atoms with E-state index in [-0.39, 0.29) is 11.9 Å². The molecule has 2 atom stereocenters. The van der Waals surface area contributed by atoms with Crippen molar-refractivity contribution in [2.24, 2.45) is 0 Å². The standard InChI is InChI=1S/C22H25N5O/c1-4-26-21-8-6-15(12-18(21)23-24-26)22(28)27-19-7-5-14(2)11-16(19)17-13-25(3)10-9-20(17)27/h5-8,11-12,17,20H,4,9-10,13H2,1-3H3/t17-,20-/m1/s1. The van der Waals surface area contributed by atoms with Gasteiger partial charge in [-0.05, 0) is 63.7 Å². The van der Waals surface area contributed by atoms with Crippen molar-refractivity contribution in [2.75, 3.05) is 25.0 Å². The predicted octanol–water partition coefficient (Wildman–Crippen LogP) is 3.21. The largest absolute Gasteiger partial charge is 0.306 e. The summed E-state index contributed by atoms with van der Waals surface area (Å²) < 4.78 is 1.85. The van der Waals surface area contributed by atoms with Gasteiger partial charge < -0.3 is 9.80 Å². The van der Waals surface area contributed by atoms with Gasteiger partial charge in [-0.15, -0.1) is 5.10 Å². The van der Waals surface area contributed by atoms with Crippen LogP contribution in [0.4, 0.5) is 5.69 Å². The summed E-state index contributed by atoms with van der Waals surface area (Å²) in [5, 5.41) is 8.41. The molecular weight excluding hydrogens is 350 g/mol. The fourth-order valence-corrected chi connectivity index (χ4v) is 4.82. The van der Waals surface area contributed by atoms with Crippen molar-refractivity contribution < 1.29 is 4.79 Å². The van der Waals surface area contributed by atoms with E-state index in [4.69, 9.17) is 0 Å². The van der Waals surface area contributed by atoms with Gasteiger partial charge in [-0.3, -0.25) is 4.79 Å². The van der Waals surface area contributed by atoms with Crippen LogP contribution in [0, 0.1) is 6.92 Å². The zero-order chi connectivity index (χ0) is 19.4. The van der Waals surface area contributed by atoms with Crippen molar-refractivity contribution in [1.29, 1.82) is 0 Å². The Bertz CT molecular complexity index is 1070. The summed E-state index contributed by atoms with van der Waals surface area (Å²) in [6.45, 7) is 6.93. The molecule has 5 rings (SSSR count). The highest BCUT2D eigenvalue weighted by Gasteiger charge is 2.44. The van der Waals surface area contributed by atoms with Crippen LogP contribution in [0.1, 0.15) is 40.7 Å². The second-order valence-electron chi connectivity index (χ2n) is 8.07. The van der Waals surface area contributed by atoms with Crippen molar-refractivity contribution in [1.82, 2.24) is 19.9 Å². The van der Waals surface area contributed by atoms with Gasteiger partial charge in [0.15, 0.2) is 0 Å². The van der Waals surface area contributed by atoms with Crippen LogP contribution in [0.5, 0.6) is 0 Å². The average molecular weight is 375 g/mol. The van der Waals surface area contributed by atoms with Crippen molar-refractivity contribution >= 4 is 22.6 Å². The van der Waals surface area contributed by atoms with Gasteiger partial charge in [0.1, 0.15) is 5.52 Å². The molecule has 0 aliphatic carbocycles. The third-order valence-electron chi connectivity index (χ3n) is 6.23. The van der Waals surface area contributed by atoms with Gasteiger partial charge in [0.2, 0.25) is 0 Å². The van der Waals surface area contributed by atoms with Crippen LogP contribution < -0.4 is 4.90 Å². The third-order valence-corrected chi connectivity index (χ3v) is 6.23. The number of amides is 1. The highest BCUT2D eigenvalue weighted by molar-refractivity contribution is 6.09. The summed E-state index contributed by atoms with van der Waals surface area (Å²) in [4.78, 5) is 18.0. The number of aromatic nitrogens is 3. The van der Waals surface area contributed by atoms with Crippen molar-refractivity contribution in [2.45, 2.75) is 38.8 Å². The minimum Gasteiger partial charge on any atom is -0.306 e. The smallest absolute Gasteiger partial charge is 0.258 e. The number of carbonyl (C=O) groups excluding carboxylic acids is 1. The molecule has 6 heteroatoms. The average Bonchev–Trinajstić information content (AvgIpc) is 3.25. The summed E-state index contributed by atoms with van der Waals surface area (Å²) >= 11 is 0. The number of likely N-dealkylation sites (tertiary alicyclic amines) is 1. The monoisotopic (exact) mass is 375 g/mol. The Balaban J connectivity index is 1.57. The van der Waals surface area contributed by atoms with Crippen LogP contribution in [0.2, 0.25) is 0 Å². The number of benzene rings is 2. The maximum absolute atomic E-state index is 13.6. The normalized spacial score (nSPS) is 21.8. The molecule has 1 aromatic heterocycles. The molecule has 1 fully saturated rings. The molecule has 1 saturated heterocycles. The molecule has 0 N–H and O–H groups in total. The lowest BCUT2D eigenvalue weighted by molar-refractivity contribution is 0.0965. The number of rotatable bonds is 2. The Morgan fingerprint density at radius 1 is 1.21 bits per heavy atom. The number of anilines is 1. The summed E-state index contributed by atoms with van der Waals surface area (Å²) in [7, 11) is 2.17. The molecule has 1 amide bonds. The lowest BCUT2D eigenvalue weighted by Crippen LogP contribution is -2.47. The van der Waals surface area contributed by atoms with Gasteiger partial charge in [-0.1, -0.05) is 22.9 Å². The van der Waals surface area contributed by atoms with E-state index in [1.165, 1.54) is 11.1 Å². The molecular formula is C22H25N5O. The molecule has 0 saturated carbocycles. The molecule has 3 aromatic rings. The second kappa shape index (κ2) is 6.41. The predicted molar refractivity (Wildman–Crippen MR) is 110 cm³/mol. The SMILES string of the molecule is CCn1nnc2cc(C(=O)N3c4ccc(C)cc4[C@H]4CN(C)CC[C@H]43)ccc21. The summed E-state index contributed by atoms with van der Waals surface area (Å²) in [5.74, 6) is 0.442. The van der Waals surface area contributed by atoms with E-state index in [0.29, 0.717) is 11.5 Å². The van der Waals surface area contributed by atoms with Crippen molar-refractivity contribution in [3.63, 3.8) is 0 Å². The Morgan fingerprint density at radius 3 is 2.89 bits per heavy atom. The van der Waals surface area contributed by atoms with E-state index in [2.05, 4.69) is 47.4 Å². The number of fused-ring (bicyclic) bond motifs is 4. The number of hydrogen-bond donors (Lipinski definition) is 0. The Labute approximate surface area is 164 Å². The zero-order valence-corrected chi connectivity index (χ0v) is 16.6. The van der Waals surface area contributed by atoms with Crippen LogP contribution in [-0.4, -0.2) is 52.0 Å². The first-order valence-corrected chi connectivity index (χ1v) is 10.0. The molecule has 0 spiro atoms. The van der Waals surface area contributed by atoms with Gasteiger partial charge in [0.05, 0.1) is 5.52 Å². The van der Waals surface area contributed by atoms with Crippen LogP contribution in [0.25, 0.3) is 11.0 Å². The lowest BCUT2D eigenvalue weighted by Gasteiger charge is -2.36. The van der Waals surface area contributed by atoms with E-state index in [1.54, 1.807) is 0 Å².